The second-order valence-electron chi connectivity index (χ2n) is 8.20. The fraction of sp³-hybridized carbons (Fsp3) is 0.308. The van der Waals surface area contributed by atoms with Crippen LogP contribution < -0.4 is 9.62 Å². The minimum absolute atomic E-state index is 0.291. The molecule has 0 spiro atoms. The van der Waals surface area contributed by atoms with Gasteiger partial charge in [-0.3, -0.25) is 0 Å². The van der Waals surface area contributed by atoms with Crippen LogP contribution in [0.25, 0.3) is 0 Å². The zero-order valence-electron chi connectivity index (χ0n) is 18.4. The van der Waals surface area contributed by atoms with Crippen molar-refractivity contribution >= 4 is 15.7 Å². The number of nitrogens with zero attached hydrogens (tertiary/aromatic N) is 1. The number of morpholine rings is 1. The number of anilines is 1. The number of ether oxygens (including phenoxy) is 1. The lowest BCUT2D eigenvalue weighted by atomic mass is 9.99. The Bertz CT molecular complexity index is 1090. The number of benzene rings is 3. The molecular formula is C26H30N2O3S. The Kier molecular flexibility index (Phi) is 7.25. The predicted molar refractivity (Wildman–Crippen MR) is 128 cm³/mol. The molecule has 3 aromatic rings. The van der Waals surface area contributed by atoms with Crippen LogP contribution in [0.15, 0.2) is 83.8 Å². The molecule has 1 saturated heterocycles. The monoisotopic (exact) mass is 450 g/mol. The molecule has 1 atom stereocenters. The van der Waals surface area contributed by atoms with Crippen LogP contribution >= 0.6 is 0 Å². The molecule has 0 radical (unpaired) electrons. The van der Waals surface area contributed by atoms with Gasteiger partial charge >= 0.3 is 0 Å². The van der Waals surface area contributed by atoms with E-state index in [0.717, 1.165) is 43.9 Å². The van der Waals surface area contributed by atoms with Gasteiger partial charge in [0.15, 0.2) is 0 Å². The normalized spacial score (nSPS) is 15.5. The second kappa shape index (κ2) is 10.3. The van der Waals surface area contributed by atoms with Crippen LogP contribution in [0.5, 0.6) is 0 Å². The summed E-state index contributed by atoms with van der Waals surface area (Å²) in [7, 11) is -3.62. The number of rotatable bonds is 8. The van der Waals surface area contributed by atoms with Gasteiger partial charge in [0.1, 0.15) is 0 Å². The van der Waals surface area contributed by atoms with Gasteiger partial charge in [0.05, 0.1) is 18.1 Å². The highest BCUT2D eigenvalue weighted by atomic mass is 32.2. The van der Waals surface area contributed by atoms with E-state index in [4.69, 9.17) is 4.74 Å². The largest absolute Gasteiger partial charge is 0.378 e. The van der Waals surface area contributed by atoms with Gasteiger partial charge < -0.3 is 9.64 Å². The van der Waals surface area contributed by atoms with Gasteiger partial charge in [-0.1, -0.05) is 60.2 Å². The van der Waals surface area contributed by atoms with Gasteiger partial charge in [-0.15, -0.1) is 0 Å². The highest BCUT2D eigenvalue weighted by Crippen LogP contribution is 2.24. The van der Waals surface area contributed by atoms with Crippen LogP contribution in [0.3, 0.4) is 0 Å². The topological polar surface area (TPSA) is 58.6 Å². The standard InChI is InChI=1S/C26H30N2O3S/c1-21-7-14-25(15-8-21)32(29,30)27-26(23-5-3-2-4-6-23)16-11-22-9-12-24(13-10-22)28-17-19-31-20-18-28/h2-10,12-15,26-27H,11,16-20H2,1H3. The quantitative estimate of drug-likeness (QED) is 0.550. The Morgan fingerprint density at radius 3 is 2.22 bits per heavy atom. The first-order valence-corrected chi connectivity index (χ1v) is 12.6. The fourth-order valence-corrected chi connectivity index (χ4v) is 5.22. The van der Waals surface area contributed by atoms with Crippen LogP contribution in [0.2, 0.25) is 0 Å². The molecule has 0 aromatic heterocycles. The lowest BCUT2D eigenvalue weighted by Gasteiger charge is -2.29. The van der Waals surface area contributed by atoms with Gasteiger partial charge in [0.2, 0.25) is 10.0 Å². The SMILES string of the molecule is Cc1ccc(S(=O)(=O)NC(CCc2ccc(N3CCOCC3)cc2)c2ccccc2)cc1. The minimum atomic E-state index is -3.62. The van der Waals surface area contributed by atoms with Crippen LogP contribution in [0.1, 0.15) is 29.2 Å². The van der Waals surface area contributed by atoms with Gasteiger partial charge in [0, 0.05) is 24.8 Å². The first-order valence-electron chi connectivity index (χ1n) is 11.1. The average Bonchev–Trinajstić information content (AvgIpc) is 2.83. The average molecular weight is 451 g/mol. The summed E-state index contributed by atoms with van der Waals surface area (Å²) in [6.45, 7) is 5.30. The summed E-state index contributed by atoms with van der Waals surface area (Å²) >= 11 is 0. The lowest BCUT2D eigenvalue weighted by Crippen LogP contribution is -2.36. The number of nitrogens with one attached hydrogen (secondary N) is 1. The Morgan fingerprint density at radius 2 is 1.56 bits per heavy atom. The maximum Gasteiger partial charge on any atom is 0.241 e. The zero-order valence-corrected chi connectivity index (χ0v) is 19.2. The van der Waals surface area contributed by atoms with Gasteiger partial charge in [-0.25, -0.2) is 13.1 Å². The maximum atomic E-state index is 13.0. The van der Waals surface area contributed by atoms with E-state index in [1.54, 1.807) is 12.1 Å². The van der Waals surface area contributed by atoms with E-state index in [9.17, 15) is 8.42 Å². The van der Waals surface area contributed by atoms with Gasteiger partial charge in [-0.05, 0) is 55.2 Å². The molecule has 0 aliphatic carbocycles. The fourth-order valence-electron chi connectivity index (χ4n) is 3.96. The summed E-state index contributed by atoms with van der Waals surface area (Å²) < 4.78 is 34.4. The predicted octanol–water partition coefficient (Wildman–Crippen LogP) is 4.48. The minimum Gasteiger partial charge on any atom is -0.378 e. The van der Waals surface area contributed by atoms with E-state index in [-0.39, 0.29) is 6.04 Å². The van der Waals surface area contributed by atoms with Crippen molar-refractivity contribution in [2.75, 3.05) is 31.2 Å². The number of hydrogen-bond acceptors (Lipinski definition) is 4. The second-order valence-corrected chi connectivity index (χ2v) is 9.92. The molecule has 6 heteroatoms. The van der Waals surface area contributed by atoms with Crippen LogP contribution in [-0.2, 0) is 21.2 Å². The highest BCUT2D eigenvalue weighted by Gasteiger charge is 2.21. The number of hydrogen-bond donors (Lipinski definition) is 1. The number of sulfonamides is 1. The molecule has 0 amide bonds. The molecule has 1 N–H and O–H groups in total. The first-order chi connectivity index (χ1) is 15.5. The van der Waals surface area contributed by atoms with Crippen molar-refractivity contribution in [2.45, 2.75) is 30.7 Å². The molecule has 1 heterocycles. The Morgan fingerprint density at radius 1 is 0.906 bits per heavy atom. The molecule has 168 valence electrons. The first kappa shape index (κ1) is 22.5. The Labute approximate surface area is 191 Å². The summed E-state index contributed by atoms with van der Waals surface area (Å²) in [4.78, 5) is 2.62. The van der Waals surface area contributed by atoms with Gasteiger partial charge in [0.25, 0.3) is 0 Å². The summed E-state index contributed by atoms with van der Waals surface area (Å²) in [5.41, 5.74) is 4.39. The van der Waals surface area contributed by atoms with E-state index < -0.39 is 10.0 Å². The third-order valence-corrected chi connectivity index (χ3v) is 7.35. The molecule has 4 rings (SSSR count). The van der Waals surface area contributed by atoms with Crippen LogP contribution in [0.4, 0.5) is 5.69 Å². The number of aryl methyl sites for hydroxylation is 2. The van der Waals surface area contributed by atoms with Crippen molar-refractivity contribution in [3.8, 4) is 0 Å². The molecule has 5 nitrogen and oxygen atoms in total. The summed E-state index contributed by atoms with van der Waals surface area (Å²) in [6, 6.07) is 25.0. The third-order valence-electron chi connectivity index (χ3n) is 5.86. The molecule has 32 heavy (non-hydrogen) atoms. The molecule has 3 aromatic carbocycles. The smallest absolute Gasteiger partial charge is 0.241 e. The molecule has 1 fully saturated rings. The highest BCUT2D eigenvalue weighted by molar-refractivity contribution is 7.89. The maximum absolute atomic E-state index is 13.0. The van der Waals surface area contributed by atoms with Crippen molar-refractivity contribution in [3.05, 3.63) is 95.6 Å². The molecule has 1 unspecified atom stereocenters. The van der Waals surface area contributed by atoms with Crippen molar-refractivity contribution in [1.29, 1.82) is 0 Å². The lowest BCUT2D eigenvalue weighted by molar-refractivity contribution is 0.122. The van der Waals surface area contributed by atoms with E-state index in [1.807, 2.05) is 49.4 Å². The van der Waals surface area contributed by atoms with Crippen molar-refractivity contribution in [3.63, 3.8) is 0 Å². The van der Waals surface area contributed by atoms with E-state index in [2.05, 4.69) is 33.9 Å². The molecular weight excluding hydrogens is 420 g/mol. The van der Waals surface area contributed by atoms with Crippen molar-refractivity contribution in [2.24, 2.45) is 0 Å². The van der Waals surface area contributed by atoms with Crippen molar-refractivity contribution < 1.29 is 13.2 Å². The Hall–Kier alpha value is -2.67. The van der Waals surface area contributed by atoms with Gasteiger partial charge in [-0.2, -0.15) is 0 Å². The van der Waals surface area contributed by atoms with E-state index >= 15 is 0 Å². The van der Waals surface area contributed by atoms with Crippen LogP contribution in [-0.4, -0.2) is 34.7 Å². The van der Waals surface area contributed by atoms with Crippen LogP contribution in [0, 0.1) is 6.92 Å². The molecule has 1 aliphatic rings. The summed E-state index contributed by atoms with van der Waals surface area (Å²) in [5, 5.41) is 0. The molecule has 0 bridgehead atoms. The van der Waals surface area contributed by atoms with E-state index in [1.165, 1.54) is 11.3 Å². The molecule has 1 aliphatic heterocycles. The third kappa shape index (κ3) is 5.76. The van der Waals surface area contributed by atoms with Crippen molar-refractivity contribution in [1.82, 2.24) is 4.72 Å². The summed E-state index contributed by atoms with van der Waals surface area (Å²) in [6.07, 6.45) is 1.45. The summed E-state index contributed by atoms with van der Waals surface area (Å²) in [5.74, 6) is 0. The zero-order chi connectivity index (χ0) is 22.4. The molecule has 0 saturated carbocycles. The Balaban J connectivity index is 1.47. The van der Waals surface area contributed by atoms with E-state index in [0.29, 0.717) is 11.3 Å².